The third-order valence-corrected chi connectivity index (χ3v) is 3.98. The van der Waals surface area contributed by atoms with E-state index in [0.717, 1.165) is 6.42 Å². The standard InChI is InChI=1S/C16H20N4O2/c1-11-8-12(2)10-19(9-11)15(21)14-17-16(22)20(18-14)13-6-4-3-5-7-13/h3-7,11-12H,8-10H2,1-2H3,(H,17,18,22). The van der Waals surface area contributed by atoms with Crippen LogP contribution in [0.4, 0.5) is 0 Å². The molecule has 0 radical (unpaired) electrons. The van der Waals surface area contributed by atoms with Crippen molar-refractivity contribution in [3.05, 3.63) is 46.6 Å². The van der Waals surface area contributed by atoms with Crippen molar-refractivity contribution in [3.8, 4) is 5.69 Å². The van der Waals surface area contributed by atoms with Gasteiger partial charge in [0.2, 0.25) is 5.82 Å². The molecule has 0 bridgehead atoms. The molecule has 116 valence electrons. The van der Waals surface area contributed by atoms with Crippen molar-refractivity contribution in [1.29, 1.82) is 0 Å². The molecule has 3 rings (SSSR count). The van der Waals surface area contributed by atoms with Gasteiger partial charge in [-0.15, -0.1) is 5.10 Å². The van der Waals surface area contributed by atoms with Crippen LogP contribution in [0.25, 0.3) is 5.69 Å². The Hall–Kier alpha value is -2.37. The minimum Gasteiger partial charge on any atom is -0.335 e. The predicted octanol–water partition coefficient (Wildman–Crippen LogP) is 1.68. The number of benzene rings is 1. The van der Waals surface area contributed by atoms with Gasteiger partial charge in [0.05, 0.1) is 5.69 Å². The highest BCUT2D eigenvalue weighted by atomic mass is 16.2. The summed E-state index contributed by atoms with van der Waals surface area (Å²) < 4.78 is 1.23. The first-order valence-corrected chi connectivity index (χ1v) is 7.58. The zero-order valence-corrected chi connectivity index (χ0v) is 12.8. The molecule has 1 saturated heterocycles. The van der Waals surface area contributed by atoms with Crippen molar-refractivity contribution in [2.24, 2.45) is 11.8 Å². The van der Waals surface area contributed by atoms with Gasteiger partial charge in [-0.05, 0) is 30.4 Å². The number of carbonyl (C=O) groups is 1. The van der Waals surface area contributed by atoms with Crippen LogP contribution >= 0.6 is 0 Å². The molecule has 1 amide bonds. The normalized spacial score (nSPS) is 21.8. The summed E-state index contributed by atoms with van der Waals surface area (Å²) in [6.45, 7) is 5.70. The van der Waals surface area contributed by atoms with E-state index < -0.39 is 5.69 Å². The highest BCUT2D eigenvalue weighted by Gasteiger charge is 2.28. The summed E-state index contributed by atoms with van der Waals surface area (Å²) in [4.78, 5) is 29.0. The van der Waals surface area contributed by atoms with Gasteiger partial charge in [-0.1, -0.05) is 32.0 Å². The number of nitrogens with one attached hydrogen (secondary N) is 1. The fraction of sp³-hybridized carbons (Fsp3) is 0.438. The number of piperidine rings is 1. The molecule has 1 aromatic heterocycles. The lowest BCUT2D eigenvalue weighted by Gasteiger charge is -2.34. The fourth-order valence-corrected chi connectivity index (χ4v) is 3.14. The first kappa shape index (κ1) is 14.6. The van der Waals surface area contributed by atoms with E-state index in [1.807, 2.05) is 18.2 Å². The van der Waals surface area contributed by atoms with Gasteiger partial charge >= 0.3 is 5.69 Å². The zero-order chi connectivity index (χ0) is 15.7. The number of rotatable bonds is 2. The maximum Gasteiger partial charge on any atom is 0.348 e. The van der Waals surface area contributed by atoms with E-state index in [-0.39, 0.29) is 11.7 Å². The van der Waals surface area contributed by atoms with Gasteiger partial charge in [-0.25, -0.2) is 4.79 Å². The average Bonchev–Trinajstić information content (AvgIpc) is 2.88. The second kappa shape index (κ2) is 5.79. The summed E-state index contributed by atoms with van der Waals surface area (Å²) in [6, 6.07) is 9.07. The maximum absolute atomic E-state index is 12.6. The smallest absolute Gasteiger partial charge is 0.335 e. The third kappa shape index (κ3) is 2.81. The molecule has 0 saturated carbocycles. The number of aromatic nitrogens is 3. The van der Waals surface area contributed by atoms with E-state index in [2.05, 4.69) is 23.9 Å². The van der Waals surface area contributed by atoms with Crippen LogP contribution in [0.5, 0.6) is 0 Å². The Balaban J connectivity index is 1.87. The molecule has 22 heavy (non-hydrogen) atoms. The molecule has 1 aliphatic heterocycles. The lowest BCUT2D eigenvalue weighted by molar-refractivity contribution is 0.0611. The molecule has 6 nitrogen and oxygen atoms in total. The van der Waals surface area contributed by atoms with E-state index in [9.17, 15) is 9.59 Å². The first-order chi connectivity index (χ1) is 10.5. The Labute approximate surface area is 128 Å². The minimum atomic E-state index is -0.396. The second-order valence-corrected chi connectivity index (χ2v) is 6.18. The number of hydrogen-bond donors (Lipinski definition) is 1. The number of carbonyl (C=O) groups excluding carboxylic acids is 1. The van der Waals surface area contributed by atoms with Gasteiger partial charge in [0.25, 0.3) is 5.91 Å². The molecular weight excluding hydrogens is 280 g/mol. The largest absolute Gasteiger partial charge is 0.348 e. The molecule has 0 aliphatic carbocycles. The van der Waals surface area contributed by atoms with Crippen LogP contribution in [0.2, 0.25) is 0 Å². The number of amides is 1. The SMILES string of the molecule is CC1CC(C)CN(C(=O)c2nn(-c3ccccc3)c(=O)[nH]2)C1. The number of hydrogen-bond acceptors (Lipinski definition) is 3. The summed E-state index contributed by atoms with van der Waals surface area (Å²) in [6.07, 6.45) is 1.12. The van der Waals surface area contributed by atoms with E-state index in [0.29, 0.717) is 30.6 Å². The summed E-state index contributed by atoms with van der Waals surface area (Å²) in [5.74, 6) is 0.839. The Morgan fingerprint density at radius 3 is 2.45 bits per heavy atom. The highest BCUT2D eigenvalue weighted by molar-refractivity contribution is 5.90. The molecule has 0 spiro atoms. The lowest BCUT2D eigenvalue weighted by atomic mass is 9.92. The molecule has 1 fully saturated rings. The monoisotopic (exact) mass is 300 g/mol. The summed E-state index contributed by atoms with van der Waals surface area (Å²) >= 11 is 0. The molecule has 1 N–H and O–H groups in total. The Morgan fingerprint density at radius 2 is 1.82 bits per heavy atom. The van der Waals surface area contributed by atoms with Crippen molar-refractivity contribution in [2.45, 2.75) is 20.3 Å². The number of aromatic amines is 1. The van der Waals surface area contributed by atoms with Gasteiger partial charge in [-0.2, -0.15) is 4.68 Å². The van der Waals surface area contributed by atoms with Crippen molar-refractivity contribution in [2.75, 3.05) is 13.1 Å². The second-order valence-electron chi connectivity index (χ2n) is 6.18. The molecule has 1 aromatic carbocycles. The molecule has 2 atom stereocenters. The number of nitrogens with zero attached hydrogens (tertiary/aromatic N) is 3. The fourth-order valence-electron chi connectivity index (χ4n) is 3.14. The van der Waals surface area contributed by atoms with Crippen LogP contribution in [-0.2, 0) is 0 Å². The van der Waals surface area contributed by atoms with Crippen LogP contribution in [0.3, 0.4) is 0 Å². The molecule has 6 heteroatoms. The topological polar surface area (TPSA) is 71.0 Å². The van der Waals surface area contributed by atoms with E-state index in [1.54, 1.807) is 17.0 Å². The quantitative estimate of drug-likeness (QED) is 0.917. The zero-order valence-electron chi connectivity index (χ0n) is 12.8. The van der Waals surface area contributed by atoms with Crippen LogP contribution < -0.4 is 5.69 Å². The Morgan fingerprint density at radius 1 is 1.18 bits per heavy atom. The van der Waals surface area contributed by atoms with Crippen LogP contribution in [0.1, 0.15) is 30.9 Å². The van der Waals surface area contributed by atoms with Crippen molar-refractivity contribution >= 4 is 5.91 Å². The molecule has 2 aromatic rings. The van der Waals surface area contributed by atoms with Crippen molar-refractivity contribution in [3.63, 3.8) is 0 Å². The number of H-pyrrole nitrogens is 1. The third-order valence-electron chi connectivity index (χ3n) is 3.98. The molecule has 1 aliphatic rings. The van der Waals surface area contributed by atoms with Gasteiger partial charge in [0.1, 0.15) is 0 Å². The molecular formula is C16H20N4O2. The summed E-state index contributed by atoms with van der Waals surface area (Å²) in [7, 11) is 0. The van der Waals surface area contributed by atoms with Crippen LogP contribution in [0.15, 0.2) is 35.1 Å². The van der Waals surface area contributed by atoms with Gasteiger partial charge in [0, 0.05) is 13.1 Å². The summed E-state index contributed by atoms with van der Waals surface area (Å²) in [5.41, 5.74) is 0.246. The molecule has 2 heterocycles. The van der Waals surface area contributed by atoms with E-state index >= 15 is 0 Å². The first-order valence-electron chi connectivity index (χ1n) is 7.58. The number of likely N-dealkylation sites (tertiary alicyclic amines) is 1. The van der Waals surface area contributed by atoms with Crippen LogP contribution in [0, 0.1) is 11.8 Å². The minimum absolute atomic E-state index is 0.107. The van der Waals surface area contributed by atoms with E-state index in [4.69, 9.17) is 0 Å². The van der Waals surface area contributed by atoms with E-state index in [1.165, 1.54) is 4.68 Å². The number of para-hydroxylation sites is 1. The summed E-state index contributed by atoms with van der Waals surface area (Å²) in [5, 5.41) is 4.16. The lowest BCUT2D eigenvalue weighted by Crippen LogP contribution is -2.43. The maximum atomic E-state index is 12.6. The van der Waals surface area contributed by atoms with Gasteiger partial charge < -0.3 is 4.90 Å². The average molecular weight is 300 g/mol. The Bertz CT molecular complexity index is 709. The van der Waals surface area contributed by atoms with Gasteiger partial charge in [-0.3, -0.25) is 9.78 Å². The molecule has 2 unspecified atom stereocenters. The highest BCUT2D eigenvalue weighted by Crippen LogP contribution is 2.21. The van der Waals surface area contributed by atoms with Gasteiger partial charge in [0.15, 0.2) is 0 Å². The van der Waals surface area contributed by atoms with Crippen molar-refractivity contribution in [1.82, 2.24) is 19.7 Å². The Kier molecular flexibility index (Phi) is 3.83. The van der Waals surface area contributed by atoms with Crippen molar-refractivity contribution < 1.29 is 4.79 Å². The predicted molar refractivity (Wildman–Crippen MR) is 83.0 cm³/mol. The van der Waals surface area contributed by atoms with Crippen LogP contribution in [-0.4, -0.2) is 38.7 Å².